The molecule has 2 aromatic heterocycles. The number of nitrogens with one attached hydrogen (secondary N) is 1. The number of nitrogens with zero attached hydrogens (tertiary/aromatic N) is 3. The van der Waals surface area contributed by atoms with Gasteiger partial charge in [0.25, 0.3) is 11.1 Å². The Kier molecular flexibility index (Phi) is 8.18. The van der Waals surface area contributed by atoms with Gasteiger partial charge in [0.15, 0.2) is 6.61 Å². The number of pyridine rings is 1. The molecule has 0 unspecified atom stereocenters. The van der Waals surface area contributed by atoms with Crippen LogP contribution in [-0.2, 0) is 12.8 Å². The van der Waals surface area contributed by atoms with Gasteiger partial charge in [-0.1, -0.05) is 23.5 Å². The molecule has 6 nitrogen and oxygen atoms in total. The molecule has 1 amide bonds. The largest absolute Gasteiger partial charge is 0.460 e. The summed E-state index contributed by atoms with van der Waals surface area (Å²) in [4.78, 5) is 25.3. The molecule has 0 saturated heterocycles. The lowest BCUT2D eigenvalue weighted by Gasteiger charge is -2.31. The minimum Gasteiger partial charge on any atom is -0.460 e. The molecule has 0 atom stereocenters. The Hall–Kier alpha value is -2.72. The third-order valence-corrected chi connectivity index (χ3v) is 8.66. The molecule has 3 heterocycles. The fraction of sp³-hybridized carbons (Fsp3) is 0.536. The van der Waals surface area contributed by atoms with E-state index in [0.717, 1.165) is 91.7 Å². The van der Waals surface area contributed by atoms with Crippen LogP contribution in [-0.4, -0.2) is 59.2 Å². The number of hydrogen-bond donors (Lipinski definition) is 1. The van der Waals surface area contributed by atoms with Gasteiger partial charge in [0.2, 0.25) is 0 Å². The molecule has 1 fully saturated rings. The summed E-state index contributed by atoms with van der Waals surface area (Å²) in [5, 5.41) is 4.26. The van der Waals surface area contributed by atoms with E-state index >= 15 is 0 Å². The highest BCUT2D eigenvalue weighted by molar-refractivity contribution is 7.13. The SMILES string of the molecule is Cc1ccc2c(C(=O)N[C@H]3CC[C@H](CCN4CCc5nc(OCC(F)(F)F)sc5CC4)CC3)cccc2n1. The molecule has 1 aliphatic carbocycles. The molecule has 2 aliphatic rings. The van der Waals surface area contributed by atoms with Gasteiger partial charge in [-0.25, -0.2) is 4.98 Å². The highest BCUT2D eigenvalue weighted by atomic mass is 32.1. The van der Waals surface area contributed by atoms with Crippen LogP contribution >= 0.6 is 11.3 Å². The average Bonchev–Trinajstić information content (AvgIpc) is 3.19. The van der Waals surface area contributed by atoms with Crippen molar-refractivity contribution in [3.63, 3.8) is 0 Å². The number of carbonyl (C=O) groups is 1. The maximum atomic E-state index is 13.0. The third kappa shape index (κ3) is 6.83. The summed E-state index contributed by atoms with van der Waals surface area (Å²) in [6.07, 6.45) is 2.48. The number of fused-ring (bicyclic) bond motifs is 2. The van der Waals surface area contributed by atoms with Gasteiger partial charge in [-0.05, 0) is 76.1 Å². The maximum absolute atomic E-state index is 13.0. The highest BCUT2D eigenvalue weighted by Crippen LogP contribution is 2.31. The van der Waals surface area contributed by atoms with Crippen LogP contribution in [0.1, 0.15) is 58.7 Å². The second-order valence-electron chi connectivity index (χ2n) is 10.4. The van der Waals surface area contributed by atoms with Gasteiger partial charge >= 0.3 is 6.18 Å². The Balaban J connectivity index is 1.05. The fourth-order valence-corrected chi connectivity index (χ4v) is 6.44. The topological polar surface area (TPSA) is 67.4 Å². The summed E-state index contributed by atoms with van der Waals surface area (Å²) >= 11 is 1.24. The minimum absolute atomic E-state index is 0.0256. The highest BCUT2D eigenvalue weighted by Gasteiger charge is 2.30. The van der Waals surface area contributed by atoms with E-state index in [0.29, 0.717) is 11.5 Å². The smallest absolute Gasteiger partial charge is 0.422 e. The van der Waals surface area contributed by atoms with Gasteiger partial charge in [-0.15, -0.1) is 0 Å². The maximum Gasteiger partial charge on any atom is 0.422 e. The van der Waals surface area contributed by atoms with E-state index in [1.165, 1.54) is 11.3 Å². The van der Waals surface area contributed by atoms with Crippen molar-refractivity contribution in [1.82, 2.24) is 20.2 Å². The predicted molar refractivity (Wildman–Crippen MR) is 142 cm³/mol. The Bertz CT molecular complexity index is 1250. The molecule has 0 bridgehead atoms. The van der Waals surface area contributed by atoms with Crippen LogP contribution in [0.3, 0.4) is 0 Å². The van der Waals surface area contributed by atoms with E-state index < -0.39 is 12.8 Å². The zero-order valence-corrected chi connectivity index (χ0v) is 22.3. The molecule has 3 aromatic rings. The van der Waals surface area contributed by atoms with Crippen LogP contribution in [0.5, 0.6) is 5.19 Å². The van der Waals surface area contributed by atoms with E-state index in [2.05, 4.69) is 20.2 Å². The first-order chi connectivity index (χ1) is 18.2. The molecule has 1 N–H and O–H groups in total. The molecule has 38 heavy (non-hydrogen) atoms. The van der Waals surface area contributed by atoms with Gasteiger partial charge in [-0.3, -0.25) is 9.78 Å². The summed E-state index contributed by atoms with van der Waals surface area (Å²) in [5.74, 6) is 0.619. The molecule has 1 aromatic carbocycles. The number of halogens is 3. The van der Waals surface area contributed by atoms with Crippen molar-refractivity contribution in [3.8, 4) is 5.19 Å². The molecule has 1 saturated carbocycles. The van der Waals surface area contributed by atoms with E-state index in [1.807, 2.05) is 37.3 Å². The number of aromatic nitrogens is 2. The lowest BCUT2D eigenvalue weighted by atomic mass is 9.84. The lowest BCUT2D eigenvalue weighted by molar-refractivity contribution is -0.153. The predicted octanol–water partition coefficient (Wildman–Crippen LogP) is 5.72. The second kappa shape index (κ2) is 11.6. The molecule has 0 radical (unpaired) electrons. The van der Waals surface area contributed by atoms with Crippen LogP contribution in [0.2, 0.25) is 0 Å². The van der Waals surface area contributed by atoms with Crippen LogP contribution in [0.25, 0.3) is 10.9 Å². The quantitative estimate of drug-likeness (QED) is 0.411. The van der Waals surface area contributed by atoms with Crippen LogP contribution < -0.4 is 10.1 Å². The number of aryl methyl sites for hydroxylation is 1. The van der Waals surface area contributed by atoms with Crippen LogP contribution in [0.15, 0.2) is 30.3 Å². The summed E-state index contributed by atoms with van der Waals surface area (Å²) in [7, 11) is 0. The fourth-order valence-electron chi connectivity index (χ4n) is 5.49. The van der Waals surface area contributed by atoms with Gasteiger partial charge < -0.3 is 15.0 Å². The molecule has 0 spiro atoms. The zero-order chi connectivity index (χ0) is 26.7. The molecular formula is C28H33F3N4O2S. The number of carbonyl (C=O) groups excluding carboxylic acids is 1. The Morgan fingerprint density at radius 2 is 1.89 bits per heavy atom. The number of alkyl halides is 3. The molecule has 10 heteroatoms. The van der Waals surface area contributed by atoms with E-state index in [4.69, 9.17) is 4.74 Å². The van der Waals surface area contributed by atoms with Crippen molar-refractivity contribution in [2.75, 3.05) is 26.2 Å². The van der Waals surface area contributed by atoms with Crippen molar-refractivity contribution in [2.24, 2.45) is 5.92 Å². The van der Waals surface area contributed by atoms with Crippen LogP contribution in [0.4, 0.5) is 13.2 Å². The van der Waals surface area contributed by atoms with Gasteiger partial charge in [0.1, 0.15) is 0 Å². The average molecular weight is 547 g/mol. The minimum atomic E-state index is -4.35. The number of amides is 1. The lowest BCUT2D eigenvalue weighted by Crippen LogP contribution is -2.38. The summed E-state index contributed by atoms with van der Waals surface area (Å²) in [6, 6.07) is 9.80. The van der Waals surface area contributed by atoms with Crippen LogP contribution in [0, 0.1) is 12.8 Å². The van der Waals surface area contributed by atoms with E-state index in [-0.39, 0.29) is 17.1 Å². The first-order valence-electron chi connectivity index (χ1n) is 13.3. The summed E-state index contributed by atoms with van der Waals surface area (Å²) in [6.45, 7) is 3.41. The number of thiazole rings is 1. The molecule has 5 rings (SSSR count). The number of hydrogen-bond acceptors (Lipinski definition) is 6. The normalized spacial score (nSPS) is 20.6. The summed E-state index contributed by atoms with van der Waals surface area (Å²) < 4.78 is 42.1. The van der Waals surface area contributed by atoms with Gasteiger partial charge in [-0.2, -0.15) is 13.2 Å². The van der Waals surface area contributed by atoms with Gasteiger partial charge in [0.05, 0.1) is 11.2 Å². The van der Waals surface area contributed by atoms with Crippen molar-refractivity contribution in [2.45, 2.75) is 64.1 Å². The molecular weight excluding hydrogens is 513 g/mol. The number of ether oxygens (including phenoxy) is 1. The Morgan fingerprint density at radius 1 is 1.11 bits per heavy atom. The van der Waals surface area contributed by atoms with Gasteiger partial charge in [0, 0.05) is 47.1 Å². The summed E-state index contributed by atoms with van der Waals surface area (Å²) in [5.41, 5.74) is 3.34. The third-order valence-electron chi connectivity index (χ3n) is 7.59. The van der Waals surface area contributed by atoms with Crippen molar-refractivity contribution in [3.05, 3.63) is 52.2 Å². The van der Waals surface area contributed by atoms with Crippen molar-refractivity contribution in [1.29, 1.82) is 0 Å². The van der Waals surface area contributed by atoms with E-state index in [1.54, 1.807) is 0 Å². The molecule has 1 aliphatic heterocycles. The molecule has 204 valence electrons. The van der Waals surface area contributed by atoms with Crippen molar-refractivity contribution < 1.29 is 22.7 Å². The zero-order valence-electron chi connectivity index (χ0n) is 21.5. The second-order valence-corrected chi connectivity index (χ2v) is 11.4. The standard InChI is InChI=1S/C28H33F3N4O2S/c1-18-5-10-21-22(3-2-4-23(21)32-18)26(36)33-20-8-6-19(7-9-20)11-14-35-15-12-24-25(13-16-35)38-27(34-24)37-17-28(29,30)31/h2-5,10,19-20H,6-9,11-17H2,1H3,(H,33,36)/t19-,20-. The first-order valence-corrected chi connectivity index (χ1v) is 14.1. The number of rotatable bonds is 7. The van der Waals surface area contributed by atoms with E-state index in [9.17, 15) is 18.0 Å². The first kappa shape index (κ1) is 26.9. The Morgan fingerprint density at radius 3 is 2.68 bits per heavy atom. The number of benzene rings is 1. The monoisotopic (exact) mass is 546 g/mol. The van der Waals surface area contributed by atoms with Crippen molar-refractivity contribution >= 4 is 28.1 Å². The Labute approximate surface area is 224 Å².